The first kappa shape index (κ1) is 10.3. The van der Waals surface area contributed by atoms with Gasteiger partial charge in [-0.1, -0.05) is 0 Å². The number of hydrogen-bond acceptors (Lipinski definition) is 3. The van der Waals surface area contributed by atoms with Crippen molar-refractivity contribution in [1.29, 1.82) is 5.26 Å². The van der Waals surface area contributed by atoms with Gasteiger partial charge in [0.25, 0.3) is 6.43 Å². The van der Waals surface area contributed by atoms with Crippen LogP contribution in [0.3, 0.4) is 0 Å². The van der Waals surface area contributed by atoms with E-state index in [0.29, 0.717) is 6.20 Å². The summed E-state index contributed by atoms with van der Waals surface area (Å²) in [5.41, 5.74) is -1.34. The van der Waals surface area contributed by atoms with Crippen molar-refractivity contribution < 1.29 is 17.9 Å². The molecule has 0 bridgehead atoms. The zero-order valence-corrected chi connectivity index (χ0v) is 7.09. The minimum atomic E-state index is -2.93. The summed E-state index contributed by atoms with van der Waals surface area (Å²) in [5.74, 6) is -1.44. The zero-order chi connectivity index (χ0) is 10.7. The van der Waals surface area contributed by atoms with Gasteiger partial charge in [-0.2, -0.15) is 5.26 Å². The van der Waals surface area contributed by atoms with Gasteiger partial charge in [0.15, 0.2) is 11.6 Å². The van der Waals surface area contributed by atoms with Gasteiger partial charge in [-0.15, -0.1) is 0 Å². The zero-order valence-electron chi connectivity index (χ0n) is 7.09. The Kier molecular flexibility index (Phi) is 2.92. The summed E-state index contributed by atoms with van der Waals surface area (Å²) in [4.78, 5) is 3.13. The second kappa shape index (κ2) is 3.96. The lowest BCUT2D eigenvalue weighted by Crippen LogP contribution is -2.01. The van der Waals surface area contributed by atoms with Gasteiger partial charge < -0.3 is 4.74 Å². The van der Waals surface area contributed by atoms with E-state index in [0.717, 1.165) is 7.11 Å². The van der Waals surface area contributed by atoms with Gasteiger partial charge >= 0.3 is 0 Å². The lowest BCUT2D eigenvalue weighted by Gasteiger charge is -2.07. The molecule has 0 saturated carbocycles. The van der Waals surface area contributed by atoms with Crippen molar-refractivity contribution in [2.24, 2.45) is 0 Å². The topological polar surface area (TPSA) is 45.9 Å². The van der Waals surface area contributed by atoms with Crippen LogP contribution in [0.4, 0.5) is 13.2 Å². The maximum Gasteiger partial charge on any atom is 0.281 e. The van der Waals surface area contributed by atoms with Gasteiger partial charge in [-0.05, 0) is 0 Å². The highest BCUT2D eigenvalue weighted by molar-refractivity contribution is 5.46. The average Bonchev–Trinajstić information content (AvgIpc) is 2.16. The molecule has 3 nitrogen and oxygen atoms in total. The van der Waals surface area contributed by atoms with Crippen molar-refractivity contribution in [1.82, 2.24) is 4.98 Å². The Labute approximate surface area is 77.7 Å². The first-order valence-corrected chi connectivity index (χ1v) is 3.52. The molecule has 0 unspecified atom stereocenters. The highest BCUT2D eigenvalue weighted by atomic mass is 19.3. The summed E-state index contributed by atoms with van der Waals surface area (Å²) in [7, 11) is 1.09. The van der Waals surface area contributed by atoms with Crippen LogP contribution in [0.2, 0.25) is 0 Å². The summed E-state index contributed by atoms with van der Waals surface area (Å²) in [6.07, 6.45) is -2.33. The Morgan fingerprint density at radius 1 is 1.57 bits per heavy atom. The Hall–Kier alpha value is -1.77. The molecule has 1 aromatic rings. The largest absolute Gasteiger partial charge is 0.492 e. The first-order chi connectivity index (χ1) is 6.61. The number of pyridine rings is 1. The minimum Gasteiger partial charge on any atom is -0.492 e. The SMILES string of the molecule is COc1c(F)cnc(C(F)F)c1C#N. The molecule has 1 rings (SSSR count). The molecule has 0 aliphatic carbocycles. The highest BCUT2D eigenvalue weighted by Gasteiger charge is 2.21. The number of alkyl halides is 2. The van der Waals surface area contributed by atoms with E-state index >= 15 is 0 Å². The Bertz CT molecular complexity index is 387. The molecule has 1 aromatic heterocycles. The third kappa shape index (κ3) is 1.62. The van der Waals surface area contributed by atoms with Crippen LogP contribution in [0.25, 0.3) is 0 Å². The molecule has 0 radical (unpaired) electrons. The first-order valence-electron chi connectivity index (χ1n) is 3.52. The minimum absolute atomic E-state index is 0.502. The van der Waals surface area contributed by atoms with Gasteiger partial charge in [0.05, 0.1) is 13.3 Å². The number of halogens is 3. The Morgan fingerprint density at radius 2 is 2.21 bits per heavy atom. The van der Waals surface area contributed by atoms with Gasteiger partial charge in [0.2, 0.25) is 0 Å². The predicted octanol–water partition coefficient (Wildman–Crippen LogP) is 2.04. The summed E-state index contributed by atoms with van der Waals surface area (Å²) in [5, 5.41) is 8.53. The molecule has 0 aromatic carbocycles. The van der Waals surface area contributed by atoms with E-state index in [1.165, 1.54) is 6.07 Å². The molecule has 1 heterocycles. The number of ether oxygens (including phenoxy) is 1. The fraction of sp³-hybridized carbons (Fsp3) is 0.250. The van der Waals surface area contributed by atoms with Gasteiger partial charge in [0, 0.05) is 0 Å². The summed E-state index contributed by atoms with van der Waals surface area (Å²) >= 11 is 0. The molecule has 0 spiro atoms. The molecule has 0 N–H and O–H groups in total. The highest BCUT2D eigenvalue weighted by Crippen LogP contribution is 2.29. The molecule has 74 valence electrons. The van der Waals surface area contributed by atoms with Crippen LogP contribution in [0.15, 0.2) is 6.20 Å². The molecule has 0 aliphatic rings. The Morgan fingerprint density at radius 3 is 2.64 bits per heavy atom. The van der Waals surface area contributed by atoms with Gasteiger partial charge in [-0.3, -0.25) is 4.98 Å². The monoisotopic (exact) mass is 202 g/mol. The molecule has 0 amide bonds. The van der Waals surface area contributed by atoms with Crippen molar-refractivity contribution in [2.75, 3.05) is 7.11 Å². The van der Waals surface area contributed by atoms with Crippen LogP contribution < -0.4 is 4.74 Å². The van der Waals surface area contributed by atoms with Crippen LogP contribution in [-0.4, -0.2) is 12.1 Å². The van der Waals surface area contributed by atoms with Crippen molar-refractivity contribution in [2.45, 2.75) is 6.43 Å². The van der Waals surface area contributed by atoms with Crippen LogP contribution >= 0.6 is 0 Å². The maximum atomic E-state index is 12.9. The normalized spacial score (nSPS) is 10.0. The number of rotatable bonds is 2. The standard InChI is InChI=1S/C8H5F3N2O/c1-14-7-4(2-12)6(8(10)11)13-3-5(7)9/h3,8H,1H3. The third-order valence-electron chi connectivity index (χ3n) is 1.54. The van der Waals surface area contributed by atoms with E-state index in [4.69, 9.17) is 5.26 Å². The number of hydrogen-bond donors (Lipinski definition) is 0. The lowest BCUT2D eigenvalue weighted by molar-refractivity contribution is 0.145. The quantitative estimate of drug-likeness (QED) is 0.737. The predicted molar refractivity (Wildman–Crippen MR) is 40.4 cm³/mol. The van der Waals surface area contributed by atoms with E-state index in [2.05, 4.69) is 9.72 Å². The summed E-state index contributed by atoms with van der Waals surface area (Å²) in [6.45, 7) is 0. The fourth-order valence-corrected chi connectivity index (χ4v) is 0.958. The summed E-state index contributed by atoms with van der Waals surface area (Å²) in [6, 6.07) is 1.43. The van der Waals surface area contributed by atoms with E-state index in [1.807, 2.05) is 0 Å². The van der Waals surface area contributed by atoms with E-state index in [-0.39, 0.29) is 0 Å². The van der Waals surface area contributed by atoms with E-state index in [1.54, 1.807) is 0 Å². The smallest absolute Gasteiger partial charge is 0.281 e. The van der Waals surface area contributed by atoms with Crippen molar-refractivity contribution >= 4 is 0 Å². The summed E-state index contributed by atoms with van der Waals surface area (Å²) < 4.78 is 41.9. The second-order valence-electron chi connectivity index (χ2n) is 2.31. The molecule has 14 heavy (non-hydrogen) atoms. The number of nitriles is 1. The van der Waals surface area contributed by atoms with Crippen molar-refractivity contribution in [3.8, 4) is 11.8 Å². The van der Waals surface area contributed by atoms with Crippen LogP contribution in [0.1, 0.15) is 17.7 Å². The van der Waals surface area contributed by atoms with E-state index < -0.39 is 29.2 Å². The van der Waals surface area contributed by atoms with Crippen molar-refractivity contribution in [3.05, 3.63) is 23.3 Å². The molecule has 6 heteroatoms. The molecular weight excluding hydrogens is 197 g/mol. The molecule has 0 fully saturated rings. The molecule has 0 atom stereocenters. The van der Waals surface area contributed by atoms with Crippen LogP contribution in [0, 0.1) is 17.1 Å². The van der Waals surface area contributed by atoms with Crippen molar-refractivity contribution in [3.63, 3.8) is 0 Å². The molecule has 0 saturated heterocycles. The van der Waals surface area contributed by atoms with E-state index in [9.17, 15) is 13.2 Å². The maximum absolute atomic E-state index is 12.9. The fourth-order valence-electron chi connectivity index (χ4n) is 0.958. The average molecular weight is 202 g/mol. The molecule has 0 aliphatic heterocycles. The molecular formula is C8H5F3N2O. The van der Waals surface area contributed by atoms with Gasteiger partial charge in [-0.25, -0.2) is 13.2 Å². The third-order valence-corrected chi connectivity index (χ3v) is 1.54. The second-order valence-corrected chi connectivity index (χ2v) is 2.31. The Balaban J connectivity index is 3.43. The van der Waals surface area contributed by atoms with Gasteiger partial charge in [0.1, 0.15) is 17.3 Å². The number of methoxy groups -OCH3 is 1. The van der Waals surface area contributed by atoms with Crippen LogP contribution in [0.5, 0.6) is 5.75 Å². The number of aromatic nitrogens is 1. The number of nitrogens with zero attached hydrogens (tertiary/aromatic N) is 2. The lowest BCUT2D eigenvalue weighted by atomic mass is 10.2. The van der Waals surface area contributed by atoms with Crippen LogP contribution in [-0.2, 0) is 0 Å².